The van der Waals surface area contributed by atoms with Crippen LogP contribution in [0.25, 0.3) is 0 Å². The van der Waals surface area contributed by atoms with Gasteiger partial charge >= 0.3 is 0 Å². The lowest BCUT2D eigenvalue weighted by molar-refractivity contribution is 1.12. The van der Waals surface area contributed by atoms with Gasteiger partial charge in [-0.05, 0) is 19.1 Å². The summed E-state index contributed by atoms with van der Waals surface area (Å²) in [5, 5.41) is 10.6. The third-order valence-corrected chi connectivity index (χ3v) is 2.25. The molecular weight excluding hydrogens is 168 g/mol. The fourth-order valence-electron chi connectivity index (χ4n) is 0.943. The number of thiocyanates is 1. The van der Waals surface area contributed by atoms with Crippen LogP contribution >= 0.6 is 11.9 Å². The molecule has 0 amide bonds. The van der Waals surface area contributed by atoms with Crippen LogP contribution in [0.5, 0.6) is 0 Å². The van der Waals surface area contributed by atoms with E-state index >= 15 is 0 Å². The highest BCUT2D eigenvalue weighted by Crippen LogP contribution is 2.20. The molecule has 0 aliphatic carbocycles. The van der Waals surface area contributed by atoms with E-state index in [1.54, 1.807) is 0 Å². The van der Waals surface area contributed by atoms with Gasteiger partial charge in [-0.15, -0.1) is 0 Å². The lowest BCUT2D eigenvalue weighted by Crippen LogP contribution is -2.11. The van der Waals surface area contributed by atoms with E-state index in [1.807, 2.05) is 41.6 Å². The van der Waals surface area contributed by atoms with Gasteiger partial charge in [-0.1, -0.05) is 18.2 Å². The summed E-state index contributed by atoms with van der Waals surface area (Å²) in [5.41, 5.74) is 1.08. The molecule has 0 atom stereocenters. The van der Waals surface area contributed by atoms with Crippen LogP contribution in [-0.2, 0) is 0 Å². The van der Waals surface area contributed by atoms with Crippen LogP contribution < -0.4 is 4.31 Å². The summed E-state index contributed by atoms with van der Waals surface area (Å²) in [5.74, 6) is 0. The fraction of sp³-hybridized carbons (Fsp3) is 0.222. The zero-order valence-electron chi connectivity index (χ0n) is 6.90. The first-order valence-corrected chi connectivity index (χ1v) is 4.54. The van der Waals surface area contributed by atoms with Crippen molar-refractivity contribution in [1.29, 1.82) is 5.26 Å². The molecule has 0 aromatic heterocycles. The van der Waals surface area contributed by atoms with Crippen molar-refractivity contribution >= 4 is 17.6 Å². The number of hydrogen-bond donors (Lipinski definition) is 0. The second kappa shape index (κ2) is 4.68. The first-order chi connectivity index (χ1) is 5.88. The first kappa shape index (κ1) is 8.95. The zero-order chi connectivity index (χ0) is 8.81. The molecule has 0 saturated carbocycles. The minimum atomic E-state index is 0.836. The van der Waals surface area contributed by atoms with Crippen molar-refractivity contribution in [3.63, 3.8) is 0 Å². The summed E-state index contributed by atoms with van der Waals surface area (Å²) >= 11 is 1.17. The van der Waals surface area contributed by atoms with Gasteiger partial charge in [0, 0.05) is 12.2 Å². The van der Waals surface area contributed by atoms with E-state index in [9.17, 15) is 0 Å². The SMILES string of the molecule is CCN(SC#N)c1ccccc1. The Morgan fingerprint density at radius 2 is 2.08 bits per heavy atom. The van der Waals surface area contributed by atoms with Crippen molar-refractivity contribution in [2.24, 2.45) is 0 Å². The Morgan fingerprint density at radius 1 is 1.42 bits per heavy atom. The lowest BCUT2D eigenvalue weighted by atomic mass is 10.3. The predicted octanol–water partition coefficient (Wildman–Crippen LogP) is 2.64. The van der Waals surface area contributed by atoms with Crippen molar-refractivity contribution < 1.29 is 0 Å². The largest absolute Gasteiger partial charge is 0.304 e. The molecule has 0 fully saturated rings. The molecular formula is C9H10N2S. The average Bonchev–Trinajstić information content (AvgIpc) is 2.15. The number of benzene rings is 1. The van der Waals surface area contributed by atoms with E-state index in [-0.39, 0.29) is 0 Å². The number of nitrogens with zero attached hydrogens (tertiary/aromatic N) is 2. The predicted molar refractivity (Wildman–Crippen MR) is 52.7 cm³/mol. The Labute approximate surface area is 76.9 Å². The van der Waals surface area contributed by atoms with Crippen molar-refractivity contribution in [2.75, 3.05) is 10.8 Å². The molecule has 62 valence electrons. The third kappa shape index (κ3) is 2.18. The Morgan fingerprint density at radius 3 is 2.58 bits per heavy atom. The Hall–Kier alpha value is -1.14. The van der Waals surface area contributed by atoms with Crippen molar-refractivity contribution in [3.05, 3.63) is 30.3 Å². The van der Waals surface area contributed by atoms with E-state index in [0.29, 0.717) is 0 Å². The number of hydrogen-bond acceptors (Lipinski definition) is 3. The molecule has 1 aromatic carbocycles. The Bertz CT molecular complexity index is 266. The van der Waals surface area contributed by atoms with Crippen LogP contribution in [0, 0.1) is 10.7 Å². The van der Waals surface area contributed by atoms with Gasteiger partial charge in [-0.2, -0.15) is 5.26 Å². The third-order valence-electron chi connectivity index (χ3n) is 1.48. The van der Waals surface area contributed by atoms with Crippen LogP contribution in [-0.4, -0.2) is 6.54 Å². The summed E-state index contributed by atoms with van der Waals surface area (Å²) < 4.78 is 1.94. The fourth-order valence-corrected chi connectivity index (χ4v) is 1.40. The van der Waals surface area contributed by atoms with E-state index in [1.165, 1.54) is 11.9 Å². The number of para-hydroxylation sites is 1. The van der Waals surface area contributed by atoms with Crippen LogP contribution in [0.2, 0.25) is 0 Å². The Balaban J connectivity index is 2.75. The van der Waals surface area contributed by atoms with Crippen LogP contribution in [0.3, 0.4) is 0 Å². The monoisotopic (exact) mass is 178 g/mol. The van der Waals surface area contributed by atoms with E-state index in [4.69, 9.17) is 5.26 Å². The molecule has 0 heterocycles. The molecule has 2 nitrogen and oxygen atoms in total. The normalized spacial score (nSPS) is 9.00. The average molecular weight is 178 g/mol. The molecule has 0 radical (unpaired) electrons. The highest BCUT2D eigenvalue weighted by molar-refractivity contribution is 8.05. The van der Waals surface area contributed by atoms with Crippen molar-refractivity contribution in [1.82, 2.24) is 0 Å². The highest BCUT2D eigenvalue weighted by atomic mass is 32.2. The quantitative estimate of drug-likeness (QED) is 0.526. The highest BCUT2D eigenvalue weighted by Gasteiger charge is 2.01. The molecule has 0 unspecified atom stereocenters. The molecule has 0 bridgehead atoms. The molecule has 0 aliphatic rings. The molecule has 0 aliphatic heterocycles. The summed E-state index contributed by atoms with van der Waals surface area (Å²) in [6.07, 6.45) is 0. The van der Waals surface area contributed by atoms with Crippen molar-refractivity contribution in [2.45, 2.75) is 6.92 Å². The van der Waals surface area contributed by atoms with Gasteiger partial charge < -0.3 is 4.31 Å². The summed E-state index contributed by atoms with van der Waals surface area (Å²) in [6, 6.07) is 9.89. The molecule has 1 aromatic rings. The van der Waals surface area contributed by atoms with Crippen LogP contribution in [0.15, 0.2) is 30.3 Å². The van der Waals surface area contributed by atoms with E-state index < -0.39 is 0 Å². The second-order valence-electron chi connectivity index (χ2n) is 2.21. The van der Waals surface area contributed by atoms with Crippen molar-refractivity contribution in [3.8, 4) is 5.40 Å². The standard InChI is InChI=1S/C9H10N2S/c1-2-11(12-8-10)9-6-4-3-5-7-9/h3-7H,2H2,1H3. The van der Waals surface area contributed by atoms with Gasteiger partial charge in [-0.3, -0.25) is 0 Å². The summed E-state index contributed by atoms with van der Waals surface area (Å²) in [6.45, 7) is 2.86. The number of anilines is 1. The maximum Gasteiger partial charge on any atom is 0.156 e. The Kier molecular flexibility index (Phi) is 3.49. The molecule has 3 heteroatoms. The van der Waals surface area contributed by atoms with E-state index in [2.05, 4.69) is 5.40 Å². The van der Waals surface area contributed by atoms with Gasteiger partial charge in [0.1, 0.15) is 0 Å². The van der Waals surface area contributed by atoms with Gasteiger partial charge in [0.15, 0.2) is 5.40 Å². The maximum atomic E-state index is 8.50. The van der Waals surface area contributed by atoms with Gasteiger partial charge in [0.2, 0.25) is 0 Å². The van der Waals surface area contributed by atoms with Crippen LogP contribution in [0.4, 0.5) is 5.69 Å². The lowest BCUT2D eigenvalue weighted by Gasteiger charge is -2.16. The zero-order valence-corrected chi connectivity index (χ0v) is 7.71. The first-order valence-electron chi connectivity index (χ1n) is 3.77. The number of nitriles is 1. The topological polar surface area (TPSA) is 27.0 Å². The molecule has 12 heavy (non-hydrogen) atoms. The maximum absolute atomic E-state index is 8.50. The minimum absolute atomic E-state index is 0.836. The molecule has 0 N–H and O–H groups in total. The summed E-state index contributed by atoms with van der Waals surface area (Å²) in [4.78, 5) is 0. The number of rotatable bonds is 3. The summed E-state index contributed by atoms with van der Waals surface area (Å²) in [7, 11) is 0. The van der Waals surface area contributed by atoms with Crippen LogP contribution in [0.1, 0.15) is 6.92 Å². The second-order valence-corrected chi connectivity index (χ2v) is 3.02. The molecule has 0 spiro atoms. The van der Waals surface area contributed by atoms with Gasteiger partial charge in [0.25, 0.3) is 0 Å². The molecule has 1 rings (SSSR count). The minimum Gasteiger partial charge on any atom is -0.304 e. The van der Waals surface area contributed by atoms with Gasteiger partial charge in [-0.25, -0.2) is 0 Å². The smallest absolute Gasteiger partial charge is 0.156 e. The molecule has 0 saturated heterocycles. The van der Waals surface area contributed by atoms with E-state index in [0.717, 1.165) is 12.2 Å². The van der Waals surface area contributed by atoms with Gasteiger partial charge in [0.05, 0.1) is 11.9 Å².